The summed E-state index contributed by atoms with van der Waals surface area (Å²) in [5.74, 6) is -1.25. The van der Waals surface area contributed by atoms with E-state index in [9.17, 15) is 14.7 Å². The van der Waals surface area contributed by atoms with Crippen LogP contribution in [0.25, 0.3) is 0 Å². The van der Waals surface area contributed by atoms with Gasteiger partial charge in [-0.3, -0.25) is 4.79 Å². The van der Waals surface area contributed by atoms with Gasteiger partial charge in [0, 0.05) is 4.47 Å². The standard InChI is InChI=1S/C14H18BrNO4/c1-9(10-4-6-11(15)7-5-10)16-12(17)8-20-13(18)14(2,3)19/h4-7,9,19H,8H2,1-3H3,(H,16,17)/t9-/m0/s1. The summed E-state index contributed by atoms with van der Waals surface area (Å²) in [4.78, 5) is 23.0. The number of carbonyl (C=O) groups is 2. The number of carbonyl (C=O) groups excluding carboxylic acids is 2. The van der Waals surface area contributed by atoms with E-state index in [1.165, 1.54) is 13.8 Å². The predicted octanol–water partition coefficient (Wildman–Crippen LogP) is 1.94. The van der Waals surface area contributed by atoms with E-state index in [0.717, 1.165) is 10.0 Å². The third-order valence-electron chi connectivity index (χ3n) is 2.58. The molecule has 0 saturated carbocycles. The monoisotopic (exact) mass is 343 g/mol. The number of esters is 1. The van der Waals surface area contributed by atoms with Gasteiger partial charge in [0.05, 0.1) is 6.04 Å². The highest BCUT2D eigenvalue weighted by atomic mass is 79.9. The van der Waals surface area contributed by atoms with Gasteiger partial charge >= 0.3 is 5.97 Å². The molecule has 6 heteroatoms. The Bertz CT molecular complexity index is 479. The second-order valence-corrected chi connectivity index (χ2v) is 5.89. The fourth-order valence-corrected chi connectivity index (χ4v) is 1.69. The van der Waals surface area contributed by atoms with Crippen LogP contribution >= 0.6 is 15.9 Å². The SMILES string of the molecule is C[C@H](NC(=O)COC(=O)C(C)(C)O)c1ccc(Br)cc1. The van der Waals surface area contributed by atoms with E-state index >= 15 is 0 Å². The number of ether oxygens (including phenoxy) is 1. The Labute approximate surface area is 126 Å². The summed E-state index contributed by atoms with van der Waals surface area (Å²) >= 11 is 3.34. The number of hydrogen-bond acceptors (Lipinski definition) is 4. The average molecular weight is 344 g/mol. The van der Waals surface area contributed by atoms with E-state index in [1.54, 1.807) is 0 Å². The molecule has 0 aliphatic heterocycles. The lowest BCUT2D eigenvalue weighted by atomic mass is 10.1. The smallest absolute Gasteiger partial charge is 0.338 e. The summed E-state index contributed by atoms with van der Waals surface area (Å²) < 4.78 is 5.67. The van der Waals surface area contributed by atoms with Crippen LogP contribution in [0, 0.1) is 0 Å². The molecular formula is C14H18BrNO4. The molecule has 1 aromatic carbocycles. The van der Waals surface area contributed by atoms with E-state index in [1.807, 2.05) is 31.2 Å². The van der Waals surface area contributed by atoms with Gasteiger partial charge in [-0.1, -0.05) is 28.1 Å². The van der Waals surface area contributed by atoms with E-state index in [4.69, 9.17) is 4.74 Å². The highest BCUT2D eigenvalue weighted by Gasteiger charge is 2.26. The molecule has 0 aliphatic carbocycles. The minimum absolute atomic E-state index is 0.198. The lowest BCUT2D eigenvalue weighted by Crippen LogP contribution is -2.37. The quantitative estimate of drug-likeness (QED) is 0.801. The van der Waals surface area contributed by atoms with E-state index in [0.29, 0.717) is 0 Å². The number of nitrogens with one attached hydrogen (secondary N) is 1. The van der Waals surface area contributed by atoms with Crippen LogP contribution in [-0.4, -0.2) is 29.2 Å². The second-order valence-electron chi connectivity index (χ2n) is 4.98. The molecule has 1 amide bonds. The normalized spacial score (nSPS) is 12.7. The van der Waals surface area contributed by atoms with Crippen molar-refractivity contribution in [1.82, 2.24) is 5.32 Å². The van der Waals surface area contributed by atoms with Crippen LogP contribution in [0.1, 0.15) is 32.4 Å². The van der Waals surface area contributed by atoms with Crippen molar-refractivity contribution < 1.29 is 19.4 Å². The number of amides is 1. The summed E-state index contributed by atoms with van der Waals surface area (Å²) in [6, 6.07) is 7.34. The van der Waals surface area contributed by atoms with Crippen molar-refractivity contribution in [3.8, 4) is 0 Å². The molecule has 0 unspecified atom stereocenters. The predicted molar refractivity (Wildman–Crippen MR) is 78.0 cm³/mol. The second kappa shape index (κ2) is 6.85. The molecule has 0 radical (unpaired) electrons. The number of aliphatic hydroxyl groups is 1. The Morgan fingerprint density at radius 3 is 2.40 bits per heavy atom. The summed E-state index contributed by atoms with van der Waals surface area (Å²) in [6.07, 6.45) is 0. The Balaban J connectivity index is 2.46. The van der Waals surface area contributed by atoms with E-state index < -0.39 is 24.1 Å². The zero-order valence-electron chi connectivity index (χ0n) is 11.6. The molecule has 0 aromatic heterocycles. The maximum absolute atomic E-state index is 11.6. The Morgan fingerprint density at radius 1 is 1.35 bits per heavy atom. The third kappa shape index (κ3) is 5.30. The van der Waals surface area contributed by atoms with Gasteiger partial charge in [0.1, 0.15) is 0 Å². The molecule has 20 heavy (non-hydrogen) atoms. The van der Waals surface area contributed by atoms with Crippen molar-refractivity contribution in [3.63, 3.8) is 0 Å². The van der Waals surface area contributed by atoms with Crippen molar-refractivity contribution in [2.24, 2.45) is 0 Å². The first-order chi connectivity index (χ1) is 9.20. The molecule has 2 N–H and O–H groups in total. The minimum Gasteiger partial charge on any atom is -0.453 e. The first-order valence-corrected chi connectivity index (χ1v) is 6.94. The van der Waals surface area contributed by atoms with Gasteiger partial charge in [-0.05, 0) is 38.5 Å². The number of hydrogen-bond donors (Lipinski definition) is 2. The number of rotatable bonds is 5. The molecule has 0 saturated heterocycles. The van der Waals surface area contributed by atoms with Crippen LogP contribution in [0.15, 0.2) is 28.7 Å². The van der Waals surface area contributed by atoms with E-state index in [2.05, 4.69) is 21.2 Å². The van der Waals surface area contributed by atoms with Crippen LogP contribution in [0.4, 0.5) is 0 Å². The van der Waals surface area contributed by atoms with Gasteiger partial charge in [-0.15, -0.1) is 0 Å². The number of halogens is 1. The fourth-order valence-electron chi connectivity index (χ4n) is 1.43. The zero-order chi connectivity index (χ0) is 15.3. The topological polar surface area (TPSA) is 75.6 Å². The molecule has 0 bridgehead atoms. The van der Waals surface area contributed by atoms with Crippen molar-refractivity contribution in [3.05, 3.63) is 34.3 Å². The lowest BCUT2D eigenvalue weighted by Gasteiger charge is -2.17. The summed E-state index contributed by atoms with van der Waals surface area (Å²) in [6.45, 7) is 4.03. The maximum Gasteiger partial charge on any atom is 0.338 e. The molecule has 0 aliphatic rings. The van der Waals surface area contributed by atoms with Crippen molar-refractivity contribution >= 4 is 27.8 Å². The van der Waals surface area contributed by atoms with Crippen LogP contribution in [0.5, 0.6) is 0 Å². The van der Waals surface area contributed by atoms with Gasteiger partial charge in [-0.2, -0.15) is 0 Å². The molecule has 0 heterocycles. The third-order valence-corrected chi connectivity index (χ3v) is 3.11. The highest BCUT2D eigenvalue weighted by Crippen LogP contribution is 2.16. The first kappa shape index (κ1) is 16.7. The maximum atomic E-state index is 11.6. The van der Waals surface area contributed by atoms with Gasteiger partial charge in [-0.25, -0.2) is 4.79 Å². The average Bonchev–Trinajstić information content (AvgIpc) is 2.35. The summed E-state index contributed by atoms with van der Waals surface area (Å²) in [5.41, 5.74) is -0.659. The zero-order valence-corrected chi connectivity index (χ0v) is 13.2. The molecule has 1 rings (SSSR count). The van der Waals surface area contributed by atoms with E-state index in [-0.39, 0.29) is 6.04 Å². The molecule has 0 fully saturated rings. The minimum atomic E-state index is -1.60. The van der Waals surface area contributed by atoms with Gasteiger partial charge < -0.3 is 15.2 Å². The van der Waals surface area contributed by atoms with Crippen molar-refractivity contribution in [2.75, 3.05) is 6.61 Å². The first-order valence-electron chi connectivity index (χ1n) is 6.14. The molecule has 1 aromatic rings. The lowest BCUT2D eigenvalue weighted by molar-refractivity contribution is -0.164. The molecule has 0 spiro atoms. The summed E-state index contributed by atoms with van der Waals surface area (Å²) in [7, 11) is 0. The van der Waals surface area contributed by atoms with Crippen LogP contribution in [0.2, 0.25) is 0 Å². The Kier molecular flexibility index (Phi) is 5.71. The van der Waals surface area contributed by atoms with Gasteiger partial charge in [0.25, 0.3) is 5.91 Å². The number of benzene rings is 1. The van der Waals surface area contributed by atoms with Crippen molar-refractivity contribution in [1.29, 1.82) is 0 Å². The Hall–Kier alpha value is -1.40. The van der Waals surface area contributed by atoms with Gasteiger partial charge in [0.2, 0.25) is 0 Å². The summed E-state index contributed by atoms with van der Waals surface area (Å²) in [5, 5.41) is 12.1. The molecule has 5 nitrogen and oxygen atoms in total. The van der Waals surface area contributed by atoms with Crippen molar-refractivity contribution in [2.45, 2.75) is 32.4 Å². The Morgan fingerprint density at radius 2 is 1.90 bits per heavy atom. The fraction of sp³-hybridized carbons (Fsp3) is 0.429. The van der Waals surface area contributed by atoms with Crippen LogP contribution in [0.3, 0.4) is 0 Å². The largest absolute Gasteiger partial charge is 0.453 e. The molecule has 110 valence electrons. The van der Waals surface area contributed by atoms with Crippen LogP contribution < -0.4 is 5.32 Å². The molecular weight excluding hydrogens is 326 g/mol. The van der Waals surface area contributed by atoms with Gasteiger partial charge in [0.15, 0.2) is 12.2 Å². The van der Waals surface area contributed by atoms with Crippen LogP contribution in [-0.2, 0) is 14.3 Å². The molecule has 1 atom stereocenters. The highest BCUT2D eigenvalue weighted by molar-refractivity contribution is 9.10.